The lowest BCUT2D eigenvalue weighted by Crippen LogP contribution is -2.29. The second kappa shape index (κ2) is 6.71. The van der Waals surface area contributed by atoms with Crippen molar-refractivity contribution in [3.8, 4) is 5.75 Å². The van der Waals surface area contributed by atoms with Gasteiger partial charge >= 0.3 is 5.97 Å². The summed E-state index contributed by atoms with van der Waals surface area (Å²) >= 11 is 6.12. The Labute approximate surface area is 139 Å². The third kappa shape index (κ3) is 3.46. The largest absolute Gasteiger partial charge is 0.478 e. The maximum Gasteiger partial charge on any atom is 0.345 e. The van der Waals surface area contributed by atoms with Crippen LogP contribution in [0.1, 0.15) is 5.56 Å². The summed E-state index contributed by atoms with van der Waals surface area (Å²) in [5.74, 6) is -0.458. The molecule has 3 aromatic carbocycles. The van der Waals surface area contributed by atoms with Gasteiger partial charge in [-0.25, -0.2) is 4.79 Å². The topological polar surface area (TPSA) is 46.5 Å². The Morgan fingerprint density at radius 2 is 1.70 bits per heavy atom. The van der Waals surface area contributed by atoms with E-state index in [4.69, 9.17) is 16.3 Å². The fourth-order valence-electron chi connectivity index (χ4n) is 2.49. The number of hydrogen-bond acceptors (Lipinski definition) is 2. The van der Waals surface area contributed by atoms with Gasteiger partial charge in [-0.2, -0.15) is 0 Å². The quantitative estimate of drug-likeness (QED) is 0.747. The highest BCUT2D eigenvalue weighted by molar-refractivity contribution is 6.31. The van der Waals surface area contributed by atoms with Gasteiger partial charge in [-0.05, 0) is 23.1 Å². The van der Waals surface area contributed by atoms with E-state index >= 15 is 0 Å². The van der Waals surface area contributed by atoms with Gasteiger partial charge in [0.05, 0.1) is 0 Å². The summed E-state index contributed by atoms with van der Waals surface area (Å²) in [5.41, 5.74) is 0.752. The Hall–Kier alpha value is -2.52. The zero-order valence-electron chi connectivity index (χ0n) is 12.3. The summed E-state index contributed by atoms with van der Waals surface area (Å²) in [6.45, 7) is 0. The molecule has 116 valence electrons. The molecule has 3 rings (SSSR count). The van der Waals surface area contributed by atoms with Crippen molar-refractivity contribution in [2.45, 2.75) is 12.5 Å². The van der Waals surface area contributed by atoms with Gasteiger partial charge < -0.3 is 9.84 Å². The first-order valence-electron chi connectivity index (χ1n) is 7.26. The number of carboxylic acids is 1. The minimum absolute atomic E-state index is 0.207. The summed E-state index contributed by atoms with van der Waals surface area (Å²) in [5, 5.41) is 11.9. The molecule has 0 aromatic heterocycles. The van der Waals surface area contributed by atoms with Crippen LogP contribution in [-0.2, 0) is 11.2 Å². The van der Waals surface area contributed by atoms with Crippen LogP contribution in [0.2, 0.25) is 5.02 Å². The van der Waals surface area contributed by atoms with Gasteiger partial charge in [0.15, 0.2) is 6.10 Å². The van der Waals surface area contributed by atoms with Crippen molar-refractivity contribution >= 4 is 28.3 Å². The molecule has 1 N–H and O–H groups in total. The van der Waals surface area contributed by atoms with E-state index in [2.05, 4.69) is 0 Å². The second-order valence-corrected chi connectivity index (χ2v) is 5.62. The first-order valence-corrected chi connectivity index (χ1v) is 7.63. The molecular formula is C19H15ClO3. The van der Waals surface area contributed by atoms with Crippen LogP contribution in [0.5, 0.6) is 5.75 Å². The average Bonchev–Trinajstić information content (AvgIpc) is 2.56. The normalized spacial score (nSPS) is 12.0. The van der Waals surface area contributed by atoms with E-state index in [-0.39, 0.29) is 6.42 Å². The van der Waals surface area contributed by atoms with Gasteiger partial charge in [-0.3, -0.25) is 0 Å². The summed E-state index contributed by atoms with van der Waals surface area (Å²) in [6.07, 6.45) is -0.793. The predicted molar refractivity (Wildman–Crippen MR) is 91.2 cm³/mol. The van der Waals surface area contributed by atoms with Gasteiger partial charge in [0.1, 0.15) is 5.75 Å². The van der Waals surface area contributed by atoms with Crippen molar-refractivity contribution in [3.05, 3.63) is 77.3 Å². The molecule has 0 saturated carbocycles. The van der Waals surface area contributed by atoms with E-state index in [1.807, 2.05) is 54.6 Å². The molecule has 23 heavy (non-hydrogen) atoms. The lowest BCUT2D eigenvalue weighted by atomic mass is 10.1. The van der Waals surface area contributed by atoms with E-state index in [1.165, 1.54) is 0 Å². The maximum atomic E-state index is 11.6. The second-order valence-electron chi connectivity index (χ2n) is 5.22. The van der Waals surface area contributed by atoms with Gasteiger partial charge in [-0.15, -0.1) is 0 Å². The van der Waals surface area contributed by atoms with E-state index in [0.29, 0.717) is 10.8 Å². The summed E-state index contributed by atoms with van der Waals surface area (Å²) in [7, 11) is 0. The predicted octanol–water partition coefficient (Wildman–Crippen LogP) is 4.57. The number of carboxylic acid groups (broad SMARTS) is 1. The van der Waals surface area contributed by atoms with Gasteiger partial charge in [0.2, 0.25) is 0 Å². The average molecular weight is 327 g/mol. The van der Waals surface area contributed by atoms with Crippen LogP contribution in [0.3, 0.4) is 0 Å². The van der Waals surface area contributed by atoms with Crippen molar-refractivity contribution < 1.29 is 14.6 Å². The highest BCUT2D eigenvalue weighted by Crippen LogP contribution is 2.27. The highest BCUT2D eigenvalue weighted by atomic mass is 35.5. The zero-order valence-corrected chi connectivity index (χ0v) is 13.0. The minimum atomic E-state index is -1.02. The Bertz CT molecular complexity index is 839. The van der Waals surface area contributed by atoms with Crippen molar-refractivity contribution in [2.24, 2.45) is 0 Å². The SMILES string of the molecule is O=C(O)[C@@H](Cc1ccccc1Cl)Oc1cccc2ccccc12. The van der Waals surface area contributed by atoms with Crippen LogP contribution < -0.4 is 4.74 Å². The van der Waals surface area contributed by atoms with E-state index < -0.39 is 12.1 Å². The Kier molecular flexibility index (Phi) is 4.49. The van der Waals surface area contributed by atoms with Crippen LogP contribution in [0, 0.1) is 0 Å². The molecule has 0 fully saturated rings. The molecule has 0 aliphatic heterocycles. The summed E-state index contributed by atoms with van der Waals surface area (Å²) < 4.78 is 5.79. The van der Waals surface area contributed by atoms with Crippen LogP contribution in [0.4, 0.5) is 0 Å². The summed E-state index contributed by atoms with van der Waals surface area (Å²) in [6, 6.07) is 20.5. The zero-order chi connectivity index (χ0) is 16.2. The highest BCUT2D eigenvalue weighted by Gasteiger charge is 2.22. The molecule has 0 radical (unpaired) electrons. The van der Waals surface area contributed by atoms with Crippen molar-refractivity contribution in [1.82, 2.24) is 0 Å². The number of ether oxygens (including phenoxy) is 1. The number of fused-ring (bicyclic) bond motifs is 1. The van der Waals surface area contributed by atoms with Crippen LogP contribution in [0.25, 0.3) is 10.8 Å². The molecule has 3 nitrogen and oxygen atoms in total. The number of carbonyl (C=O) groups is 1. The maximum absolute atomic E-state index is 11.6. The van der Waals surface area contributed by atoms with E-state index in [1.54, 1.807) is 12.1 Å². The number of rotatable bonds is 5. The first kappa shape index (κ1) is 15.4. The molecule has 0 unspecified atom stereocenters. The van der Waals surface area contributed by atoms with Crippen LogP contribution >= 0.6 is 11.6 Å². The molecule has 3 aromatic rings. The first-order chi connectivity index (χ1) is 11.1. The molecule has 0 heterocycles. The van der Waals surface area contributed by atoms with Crippen molar-refractivity contribution in [1.29, 1.82) is 0 Å². The van der Waals surface area contributed by atoms with Crippen molar-refractivity contribution in [3.63, 3.8) is 0 Å². The van der Waals surface area contributed by atoms with Gasteiger partial charge in [-0.1, -0.05) is 66.2 Å². The molecular weight excluding hydrogens is 312 g/mol. The summed E-state index contributed by atoms with van der Waals surface area (Å²) in [4.78, 5) is 11.6. The molecule has 0 amide bonds. The van der Waals surface area contributed by atoms with Crippen LogP contribution in [-0.4, -0.2) is 17.2 Å². The molecule has 0 aliphatic rings. The van der Waals surface area contributed by atoms with Gasteiger partial charge in [0.25, 0.3) is 0 Å². The number of aliphatic carboxylic acids is 1. The molecule has 0 aliphatic carbocycles. The van der Waals surface area contributed by atoms with E-state index in [9.17, 15) is 9.90 Å². The van der Waals surface area contributed by atoms with Crippen molar-refractivity contribution in [2.75, 3.05) is 0 Å². The molecule has 1 atom stereocenters. The smallest absolute Gasteiger partial charge is 0.345 e. The molecule has 0 saturated heterocycles. The fraction of sp³-hybridized carbons (Fsp3) is 0.105. The number of benzene rings is 3. The Balaban J connectivity index is 1.90. The molecule has 0 bridgehead atoms. The monoisotopic (exact) mass is 326 g/mol. The molecule has 0 spiro atoms. The Morgan fingerprint density at radius 1 is 1.00 bits per heavy atom. The molecule has 4 heteroatoms. The minimum Gasteiger partial charge on any atom is -0.478 e. The fourth-order valence-corrected chi connectivity index (χ4v) is 2.71. The third-order valence-electron chi connectivity index (χ3n) is 3.66. The lowest BCUT2D eigenvalue weighted by Gasteiger charge is -2.17. The number of hydrogen-bond donors (Lipinski definition) is 1. The van der Waals surface area contributed by atoms with E-state index in [0.717, 1.165) is 16.3 Å². The number of halogens is 1. The third-order valence-corrected chi connectivity index (χ3v) is 4.03. The van der Waals surface area contributed by atoms with Crippen LogP contribution in [0.15, 0.2) is 66.7 Å². The Morgan fingerprint density at radius 3 is 2.48 bits per heavy atom. The standard InChI is InChI=1S/C19H15ClO3/c20-16-10-4-2-7-14(16)12-18(19(21)22)23-17-11-5-8-13-6-1-3-9-15(13)17/h1-11,18H,12H2,(H,21,22)/t18-/m1/s1. The van der Waals surface area contributed by atoms with Gasteiger partial charge in [0, 0.05) is 16.8 Å². The lowest BCUT2D eigenvalue weighted by molar-refractivity contribution is -0.144.